The van der Waals surface area contributed by atoms with Crippen molar-refractivity contribution in [3.05, 3.63) is 112 Å². The van der Waals surface area contributed by atoms with E-state index in [4.69, 9.17) is 16.3 Å². The third kappa shape index (κ3) is 6.22. The summed E-state index contributed by atoms with van der Waals surface area (Å²) in [6.45, 7) is 5.03. The van der Waals surface area contributed by atoms with Gasteiger partial charge < -0.3 is 15.0 Å². The molecule has 0 radical (unpaired) electrons. The summed E-state index contributed by atoms with van der Waals surface area (Å²) >= 11 is 7.62. The molecule has 0 spiro atoms. The van der Waals surface area contributed by atoms with Crippen LogP contribution in [0, 0.1) is 6.92 Å². The van der Waals surface area contributed by atoms with Crippen molar-refractivity contribution in [2.24, 2.45) is 0 Å². The van der Waals surface area contributed by atoms with E-state index in [0.717, 1.165) is 21.8 Å². The molecule has 4 aromatic rings. The SMILES string of the molecule is Cc1cc(Oc2ccccc2)ccc1N(C(=O)CCl)C(C(=O)N1CC(C)NC(c2ccccc2)C1)c1cccs1. The summed E-state index contributed by atoms with van der Waals surface area (Å²) in [5, 5.41) is 5.54. The van der Waals surface area contributed by atoms with Crippen molar-refractivity contribution in [2.45, 2.75) is 32.0 Å². The molecule has 5 rings (SSSR count). The number of piperazine rings is 1. The normalized spacial score (nSPS) is 17.7. The van der Waals surface area contributed by atoms with Crippen molar-refractivity contribution in [1.29, 1.82) is 0 Å². The molecule has 2 amide bonds. The highest BCUT2D eigenvalue weighted by Crippen LogP contribution is 2.37. The number of ether oxygens (including phenoxy) is 1. The molecule has 0 aliphatic carbocycles. The van der Waals surface area contributed by atoms with Crippen molar-refractivity contribution in [3.63, 3.8) is 0 Å². The van der Waals surface area contributed by atoms with Crippen LogP contribution >= 0.6 is 22.9 Å². The molecule has 6 nitrogen and oxygen atoms in total. The molecule has 8 heteroatoms. The number of carbonyl (C=O) groups excluding carboxylic acids is 2. The number of amides is 2. The van der Waals surface area contributed by atoms with Gasteiger partial charge in [-0.2, -0.15) is 0 Å². The number of hydrogen-bond donors (Lipinski definition) is 1. The first-order valence-electron chi connectivity index (χ1n) is 13.3. The van der Waals surface area contributed by atoms with E-state index in [-0.39, 0.29) is 29.8 Å². The Morgan fingerprint density at radius 1 is 1.00 bits per heavy atom. The zero-order valence-corrected chi connectivity index (χ0v) is 24.1. The van der Waals surface area contributed by atoms with Crippen LogP contribution in [0.5, 0.6) is 11.5 Å². The van der Waals surface area contributed by atoms with Gasteiger partial charge in [0.15, 0.2) is 0 Å². The lowest BCUT2D eigenvalue weighted by molar-refractivity contribution is -0.136. The van der Waals surface area contributed by atoms with Gasteiger partial charge in [-0.05, 0) is 66.8 Å². The lowest BCUT2D eigenvalue weighted by Crippen LogP contribution is -2.56. The number of carbonyl (C=O) groups is 2. The Hall–Kier alpha value is -3.65. The van der Waals surface area contributed by atoms with E-state index in [9.17, 15) is 9.59 Å². The predicted octanol–water partition coefficient (Wildman–Crippen LogP) is 6.72. The number of benzene rings is 3. The monoisotopic (exact) mass is 573 g/mol. The first-order valence-corrected chi connectivity index (χ1v) is 14.7. The van der Waals surface area contributed by atoms with Gasteiger partial charge in [-0.1, -0.05) is 54.6 Å². The van der Waals surface area contributed by atoms with Crippen LogP contribution in [0.4, 0.5) is 5.69 Å². The highest BCUT2D eigenvalue weighted by molar-refractivity contribution is 7.10. The van der Waals surface area contributed by atoms with E-state index >= 15 is 0 Å². The lowest BCUT2D eigenvalue weighted by Gasteiger charge is -2.41. The van der Waals surface area contributed by atoms with E-state index in [1.165, 1.54) is 11.3 Å². The van der Waals surface area contributed by atoms with Crippen LogP contribution in [0.2, 0.25) is 0 Å². The van der Waals surface area contributed by atoms with Gasteiger partial charge >= 0.3 is 0 Å². The van der Waals surface area contributed by atoms with Crippen molar-refractivity contribution in [2.75, 3.05) is 23.9 Å². The number of nitrogens with one attached hydrogen (secondary N) is 1. The number of halogens is 1. The Labute approximate surface area is 244 Å². The quantitative estimate of drug-likeness (QED) is 0.238. The Morgan fingerprint density at radius 3 is 2.38 bits per heavy atom. The van der Waals surface area contributed by atoms with Gasteiger partial charge in [0.05, 0.1) is 6.04 Å². The molecule has 1 aliphatic heterocycles. The lowest BCUT2D eigenvalue weighted by atomic mass is 10.0. The molecule has 3 atom stereocenters. The van der Waals surface area contributed by atoms with Gasteiger partial charge in [0.2, 0.25) is 5.91 Å². The number of anilines is 1. The fourth-order valence-corrected chi connectivity index (χ4v) is 6.12. The third-order valence-corrected chi connectivity index (χ3v) is 8.14. The summed E-state index contributed by atoms with van der Waals surface area (Å²) < 4.78 is 6.01. The molecule has 0 saturated carbocycles. The second-order valence-electron chi connectivity index (χ2n) is 9.95. The fraction of sp³-hybridized carbons (Fsp3) is 0.250. The molecule has 1 saturated heterocycles. The largest absolute Gasteiger partial charge is 0.457 e. The Bertz CT molecular complexity index is 1430. The van der Waals surface area contributed by atoms with E-state index in [1.54, 1.807) is 4.90 Å². The number of para-hydroxylation sites is 1. The smallest absolute Gasteiger partial charge is 0.251 e. The molecule has 206 valence electrons. The van der Waals surface area contributed by atoms with Crippen LogP contribution in [0.15, 0.2) is 96.4 Å². The Morgan fingerprint density at radius 2 is 1.73 bits per heavy atom. The number of alkyl halides is 1. The van der Waals surface area contributed by atoms with Crippen LogP contribution in [0.25, 0.3) is 0 Å². The average molecular weight is 574 g/mol. The van der Waals surface area contributed by atoms with Gasteiger partial charge in [0, 0.05) is 29.7 Å². The molecular formula is C32H32ClN3O3S. The summed E-state index contributed by atoms with van der Waals surface area (Å²) in [4.78, 5) is 32.1. The van der Waals surface area contributed by atoms with Crippen molar-refractivity contribution >= 4 is 40.4 Å². The highest BCUT2D eigenvalue weighted by atomic mass is 35.5. The molecule has 3 unspecified atom stereocenters. The zero-order valence-electron chi connectivity index (χ0n) is 22.5. The van der Waals surface area contributed by atoms with Gasteiger partial charge in [-0.3, -0.25) is 14.5 Å². The third-order valence-electron chi connectivity index (χ3n) is 6.99. The molecular weight excluding hydrogens is 542 g/mol. The van der Waals surface area contributed by atoms with Crippen LogP contribution in [-0.2, 0) is 9.59 Å². The first-order chi connectivity index (χ1) is 19.4. The maximum Gasteiger partial charge on any atom is 0.251 e. The number of rotatable bonds is 8. The summed E-state index contributed by atoms with van der Waals surface area (Å²) in [6.07, 6.45) is 0. The van der Waals surface area contributed by atoms with Crippen LogP contribution in [0.3, 0.4) is 0 Å². The Balaban J connectivity index is 1.49. The number of thiophene rings is 1. The first kappa shape index (κ1) is 27.9. The summed E-state index contributed by atoms with van der Waals surface area (Å²) in [7, 11) is 0. The van der Waals surface area contributed by atoms with Crippen LogP contribution in [0.1, 0.15) is 35.0 Å². The minimum absolute atomic E-state index is 0.00813. The summed E-state index contributed by atoms with van der Waals surface area (Å²) in [5.74, 6) is 0.652. The standard InChI is InChI=1S/C32H32ClN3O3S/c1-22-18-26(39-25-12-7-4-8-13-25)15-16-28(22)36(30(37)19-33)31(29-14-9-17-40-29)32(38)35-20-23(2)34-27(21-35)24-10-5-3-6-11-24/h3-18,23,27,31,34H,19-21H2,1-2H3. The van der Waals surface area contributed by atoms with Crippen molar-refractivity contribution < 1.29 is 14.3 Å². The van der Waals surface area contributed by atoms with Crippen LogP contribution in [-0.4, -0.2) is 41.7 Å². The van der Waals surface area contributed by atoms with Gasteiger partial charge in [0.1, 0.15) is 23.4 Å². The zero-order chi connectivity index (χ0) is 28.1. The van der Waals surface area contributed by atoms with Crippen molar-refractivity contribution in [3.8, 4) is 11.5 Å². The second-order valence-corrected chi connectivity index (χ2v) is 11.2. The molecule has 40 heavy (non-hydrogen) atoms. The molecule has 2 heterocycles. The van der Waals surface area contributed by atoms with E-state index < -0.39 is 6.04 Å². The van der Waals surface area contributed by atoms with Gasteiger partial charge in [-0.25, -0.2) is 0 Å². The van der Waals surface area contributed by atoms with Crippen LogP contribution < -0.4 is 15.0 Å². The maximum absolute atomic E-state index is 14.4. The number of hydrogen-bond acceptors (Lipinski definition) is 5. The summed E-state index contributed by atoms with van der Waals surface area (Å²) in [6, 6.07) is 28.2. The molecule has 3 aromatic carbocycles. The topological polar surface area (TPSA) is 61.9 Å². The predicted molar refractivity (Wildman–Crippen MR) is 161 cm³/mol. The van der Waals surface area contributed by atoms with E-state index in [2.05, 4.69) is 24.4 Å². The molecule has 1 N–H and O–H groups in total. The molecule has 1 fully saturated rings. The minimum atomic E-state index is -0.840. The van der Waals surface area contributed by atoms with Crippen molar-refractivity contribution in [1.82, 2.24) is 10.2 Å². The fourth-order valence-electron chi connectivity index (χ4n) is 5.19. The second kappa shape index (κ2) is 12.7. The molecule has 0 bridgehead atoms. The minimum Gasteiger partial charge on any atom is -0.457 e. The van der Waals surface area contributed by atoms with Gasteiger partial charge in [-0.15, -0.1) is 22.9 Å². The average Bonchev–Trinajstić information content (AvgIpc) is 3.51. The Kier molecular flexibility index (Phi) is 8.85. The van der Waals surface area contributed by atoms with Gasteiger partial charge in [0.25, 0.3) is 5.91 Å². The highest BCUT2D eigenvalue weighted by Gasteiger charge is 2.39. The molecule has 1 aromatic heterocycles. The summed E-state index contributed by atoms with van der Waals surface area (Å²) in [5.41, 5.74) is 2.55. The number of aryl methyl sites for hydroxylation is 1. The molecule has 1 aliphatic rings. The van der Waals surface area contributed by atoms with E-state index in [0.29, 0.717) is 24.5 Å². The van der Waals surface area contributed by atoms with E-state index in [1.807, 2.05) is 96.1 Å². The maximum atomic E-state index is 14.4. The number of nitrogens with zero attached hydrogens (tertiary/aromatic N) is 2.